The van der Waals surface area contributed by atoms with Gasteiger partial charge in [-0.25, -0.2) is 0 Å². The molecule has 1 amide bonds. The lowest BCUT2D eigenvalue weighted by Gasteiger charge is -2.36. The molecule has 2 aromatic rings. The molecule has 1 aliphatic carbocycles. The van der Waals surface area contributed by atoms with Crippen molar-refractivity contribution in [2.45, 2.75) is 31.7 Å². The molecule has 29 heavy (non-hydrogen) atoms. The minimum atomic E-state index is -0.132. The summed E-state index contributed by atoms with van der Waals surface area (Å²) in [5.74, 6) is 1.18. The molecule has 5 nitrogen and oxygen atoms in total. The van der Waals surface area contributed by atoms with Crippen molar-refractivity contribution in [2.24, 2.45) is 5.92 Å². The van der Waals surface area contributed by atoms with E-state index in [1.165, 1.54) is 31.4 Å². The molecule has 0 aromatic heterocycles. The lowest BCUT2D eigenvalue weighted by atomic mass is 10.0. The van der Waals surface area contributed by atoms with Crippen molar-refractivity contribution >= 4 is 17.3 Å². The Morgan fingerprint density at radius 1 is 1.07 bits per heavy atom. The van der Waals surface area contributed by atoms with Gasteiger partial charge in [-0.15, -0.1) is 0 Å². The summed E-state index contributed by atoms with van der Waals surface area (Å²) >= 11 is 0. The molecular formula is C24H31N3O2. The number of benzene rings is 2. The number of amides is 1. The van der Waals surface area contributed by atoms with Gasteiger partial charge in [-0.05, 0) is 88.1 Å². The number of nitrogens with one attached hydrogen (secondary N) is 1. The van der Waals surface area contributed by atoms with Crippen molar-refractivity contribution < 1.29 is 9.53 Å². The van der Waals surface area contributed by atoms with Crippen LogP contribution in [0.15, 0.2) is 48.5 Å². The zero-order valence-corrected chi connectivity index (χ0v) is 17.4. The Hall–Kier alpha value is -2.53. The number of rotatable bonds is 7. The number of carbonyl (C=O) groups is 1. The maximum Gasteiger partial charge on any atom is 0.259 e. The van der Waals surface area contributed by atoms with Crippen molar-refractivity contribution in [1.29, 1.82) is 0 Å². The highest BCUT2D eigenvalue weighted by Gasteiger charge is 2.23. The third-order valence-corrected chi connectivity index (χ3v) is 6.07. The SMILES string of the molecule is CN1CCC(N(C)c2ccc(NC(=O)c3ccccc3OCC3CC3)cc2)CC1. The van der Waals surface area contributed by atoms with E-state index in [0.29, 0.717) is 29.9 Å². The van der Waals surface area contributed by atoms with Gasteiger partial charge in [0.15, 0.2) is 0 Å². The number of para-hydroxylation sites is 1. The zero-order chi connectivity index (χ0) is 20.2. The topological polar surface area (TPSA) is 44.8 Å². The van der Waals surface area contributed by atoms with Gasteiger partial charge >= 0.3 is 0 Å². The number of likely N-dealkylation sites (tertiary alicyclic amines) is 1. The highest BCUT2D eigenvalue weighted by molar-refractivity contribution is 6.06. The second-order valence-electron chi connectivity index (χ2n) is 8.40. The molecule has 1 heterocycles. The molecular weight excluding hydrogens is 362 g/mol. The first kappa shape index (κ1) is 19.8. The standard InChI is InChI=1S/C24H31N3O2/c1-26-15-13-21(14-16-26)27(2)20-11-9-19(10-12-20)25-24(28)22-5-3-4-6-23(22)29-17-18-7-8-18/h3-6,9-12,18,21H,7-8,13-17H2,1-2H3,(H,25,28). The Bertz CT molecular complexity index is 824. The first-order valence-corrected chi connectivity index (χ1v) is 10.6. The molecule has 2 fully saturated rings. The maximum absolute atomic E-state index is 12.8. The van der Waals surface area contributed by atoms with E-state index in [9.17, 15) is 4.79 Å². The van der Waals surface area contributed by atoms with Crippen molar-refractivity contribution in [3.63, 3.8) is 0 Å². The van der Waals surface area contributed by atoms with Gasteiger partial charge in [0.2, 0.25) is 0 Å². The summed E-state index contributed by atoms with van der Waals surface area (Å²) in [6, 6.07) is 16.2. The van der Waals surface area contributed by atoms with E-state index in [1.54, 1.807) is 0 Å². The molecule has 0 bridgehead atoms. The van der Waals surface area contributed by atoms with Crippen molar-refractivity contribution in [3.8, 4) is 5.75 Å². The van der Waals surface area contributed by atoms with E-state index in [0.717, 1.165) is 18.8 Å². The summed E-state index contributed by atoms with van der Waals surface area (Å²) in [5.41, 5.74) is 2.57. The molecule has 2 aliphatic rings. The van der Waals surface area contributed by atoms with Gasteiger partial charge < -0.3 is 19.9 Å². The molecule has 0 radical (unpaired) electrons. The largest absolute Gasteiger partial charge is 0.492 e. The van der Waals surface area contributed by atoms with Crippen LogP contribution in [0.3, 0.4) is 0 Å². The summed E-state index contributed by atoms with van der Waals surface area (Å²) < 4.78 is 5.87. The average molecular weight is 394 g/mol. The monoisotopic (exact) mass is 393 g/mol. The van der Waals surface area contributed by atoms with Gasteiger partial charge in [0.05, 0.1) is 12.2 Å². The number of piperidine rings is 1. The lowest BCUT2D eigenvalue weighted by molar-refractivity contribution is 0.102. The summed E-state index contributed by atoms with van der Waals surface area (Å²) in [4.78, 5) is 17.5. The van der Waals surface area contributed by atoms with Gasteiger partial charge in [0.1, 0.15) is 5.75 Å². The number of hydrogen-bond acceptors (Lipinski definition) is 4. The summed E-state index contributed by atoms with van der Waals surface area (Å²) in [7, 11) is 4.35. The molecule has 1 aliphatic heterocycles. The Kier molecular flexibility index (Phi) is 6.05. The van der Waals surface area contributed by atoms with Crippen LogP contribution in [0.25, 0.3) is 0 Å². The second kappa shape index (κ2) is 8.87. The number of anilines is 2. The van der Waals surface area contributed by atoms with Crippen LogP contribution in [0.4, 0.5) is 11.4 Å². The van der Waals surface area contributed by atoms with Crippen LogP contribution in [0.5, 0.6) is 5.75 Å². The molecule has 2 aromatic carbocycles. The summed E-state index contributed by atoms with van der Waals surface area (Å²) in [6.45, 7) is 2.99. The average Bonchev–Trinajstić information content (AvgIpc) is 3.57. The first-order chi connectivity index (χ1) is 14.1. The van der Waals surface area contributed by atoms with Gasteiger partial charge in [0, 0.05) is 24.5 Å². The third kappa shape index (κ3) is 5.10. The molecule has 0 atom stereocenters. The van der Waals surface area contributed by atoms with Gasteiger partial charge in [-0.2, -0.15) is 0 Å². The highest BCUT2D eigenvalue weighted by Crippen LogP contribution is 2.30. The van der Waals surface area contributed by atoms with Crippen LogP contribution < -0.4 is 15.0 Å². The molecule has 0 spiro atoms. The van der Waals surface area contributed by atoms with Crippen LogP contribution >= 0.6 is 0 Å². The number of ether oxygens (including phenoxy) is 1. The van der Waals surface area contributed by atoms with Crippen LogP contribution in [0, 0.1) is 5.92 Å². The van der Waals surface area contributed by atoms with Crippen molar-refractivity contribution in [1.82, 2.24) is 4.90 Å². The predicted octanol–water partition coefficient (Wildman–Crippen LogP) is 4.26. The van der Waals surface area contributed by atoms with E-state index in [-0.39, 0.29) is 5.91 Å². The number of nitrogens with zero attached hydrogens (tertiary/aromatic N) is 2. The normalized spacial score (nSPS) is 17.7. The molecule has 1 saturated carbocycles. The Morgan fingerprint density at radius 2 is 1.76 bits per heavy atom. The van der Waals surface area contributed by atoms with Crippen molar-refractivity contribution in [3.05, 3.63) is 54.1 Å². The summed E-state index contributed by atoms with van der Waals surface area (Å²) in [6.07, 6.45) is 4.83. The van der Waals surface area contributed by atoms with Crippen molar-refractivity contribution in [2.75, 3.05) is 44.0 Å². The third-order valence-electron chi connectivity index (χ3n) is 6.07. The quantitative estimate of drug-likeness (QED) is 0.763. The molecule has 0 unspecified atom stereocenters. The molecule has 1 N–H and O–H groups in total. The van der Waals surface area contributed by atoms with E-state index < -0.39 is 0 Å². The fourth-order valence-corrected chi connectivity index (χ4v) is 3.84. The lowest BCUT2D eigenvalue weighted by Crippen LogP contribution is -2.41. The fraction of sp³-hybridized carbons (Fsp3) is 0.458. The van der Waals surface area contributed by atoms with Crippen LogP contribution in [-0.4, -0.2) is 50.6 Å². The minimum absolute atomic E-state index is 0.132. The Balaban J connectivity index is 1.38. The molecule has 1 saturated heterocycles. The van der Waals surface area contributed by atoms with E-state index in [2.05, 4.69) is 41.3 Å². The molecule has 154 valence electrons. The highest BCUT2D eigenvalue weighted by atomic mass is 16.5. The zero-order valence-electron chi connectivity index (χ0n) is 17.4. The minimum Gasteiger partial charge on any atom is -0.492 e. The van der Waals surface area contributed by atoms with Crippen LogP contribution in [0.2, 0.25) is 0 Å². The van der Waals surface area contributed by atoms with E-state index in [1.807, 2.05) is 36.4 Å². The van der Waals surface area contributed by atoms with E-state index >= 15 is 0 Å². The summed E-state index contributed by atoms with van der Waals surface area (Å²) in [5, 5.41) is 3.01. The Labute approximate surface area is 173 Å². The Morgan fingerprint density at radius 3 is 2.45 bits per heavy atom. The van der Waals surface area contributed by atoms with Crippen LogP contribution in [-0.2, 0) is 0 Å². The second-order valence-corrected chi connectivity index (χ2v) is 8.40. The smallest absolute Gasteiger partial charge is 0.259 e. The van der Waals surface area contributed by atoms with Crippen LogP contribution in [0.1, 0.15) is 36.0 Å². The van der Waals surface area contributed by atoms with Gasteiger partial charge in [0.25, 0.3) is 5.91 Å². The fourth-order valence-electron chi connectivity index (χ4n) is 3.84. The molecule has 4 rings (SSSR count). The molecule has 5 heteroatoms. The first-order valence-electron chi connectivity index (χ1n) is 10.6. The number of carbonyl (C=O) groups excluding carboxylic acids is 1. The van der Waals surface area contributed by atoms with E-state index in [4.69, 9.17) is 4.74 Å². The van der Waals surface area contributed by atoms with Gasteiger partial charge in [-0.1, -0.05) is 12.1 Å². The predicted molar refractivity (Wildman–Crippen MR) is 118 cm³/mol. The van der Waals surface area contributed by atoms with Gasteiger partial charge in [-0.3, -0.25) is 4.79 Å². The number of hydrogen-bond donors (Lipinski definition) is 1. The maximum atomic E-state index is 12.8.